The van der Waals surface area contributed by atoms with Crippen LogP contribution in [0.5, 0.6) is 0 Å². The number of nitrogens with one attached hydrogen (secondary N) is 1. The zero-order valence-electron chi connectivity index (χ0n) is 11.6. The molecule has 0 amide bonds. The molecule has 2 aromatic rings. The molecule has 0 aliphatic heterocycles. The second-order valence-corrected chi connectivity index (χ2v) is 4.98. The Kier molecular flexibility index (Phi) is 3.87. The summed E-state index contributed by atoms with van der Waals surface area (Å²) >= 11 is 0. The lowest BCUT2D eigenvalue weighted by Gasteiger charge is -2.11. The third-order valence-corrected chi connectivity index (χ3v) is 3.18. The van der Waals surface area contributed by atoms with E-state index in [4.69, 9.17) is 5.26 Å². The highest BCUT2D eigenvalue weighted by Gasteiger charge is 2.01. The van der Waals surface area contributed by atoms with Crippen LogP contribution in [-0.2, 0) is 6.54 Å². The Morgan fingerprint density at radius 1 is 1.00 bits per heavy atom. The molecule has 96 valence electrons. The number of benzene rings is 2. The molecule has 0 heterocycles. The molecule has 0 aliphatic rings. The summed E-state index contributed by atoms with van der Waals surface area (Å²) in [5.74, 6) is 0. The maximum absolute atomic E-state index is 8.86. The van der Waals surface area contributed by atoms with E-state index in [1.54, 1.807) is 0 Å². The first kappa shape index (κ1) is 13.2. The molecular formula is C17H18N2. The van der Waals surface area contributed by atoms with Crippen molar-refractivity contribution < 1.29 is 0 Å². The first-order chi connectivity index (χ1) is 9.08. The summed E-state index contributed by atoms with van der Waals surface area (Å²) in [6, 6.07) is 14.4. The van der Waals surface area contributed by atoms with Gasteiger partial charge in [0.2, 0.25) is 0 Å². The van der Waals surface area contributed by atoms with Crippen molar-refractivity contribution in [2.45, 2.75) is 27.3 Å². The zero-order valence-corrected chi connectivity index (χ0v) is 11.6. The highest BCUT2D eigenvalue weighted by Crippen LogP contribution is 2.16. The number of rotatable bonds is 3. The molecule has 0 saturated carbocycles. The average molecular weight is 250 g/mol. The molecule has 2 nitrogen and oxygen atoms in total. The molecule has 2 rings (SSSR count). The van der Waals surface area contributed by atoms with Gasteiger partial charge in [-0.1, -0.05) is 12.1 Å². The summed E-state index contributed by atoms with van der Waals surface area (Å²) in [6.45, 7) is 7.02. The Balaban J connectivity index is 2.12. The van der Waals surface area contributed by atoms with Crippen molar-refractivity contribution in [3.63, 3.8) is 0 Å². The summed E-state index contributed by atoms with van der Waals surface area (Å²) in [7, 11) is 0. The zero-order chi connectivity index (χ0) is 13.8. The number of nitriles is 1. The van der Waals surface area contributed by atoms with Crippen LogP contribution in [-0.4, -0.2) is 0 Å². The minimum absolute atomic E-state index is 0.715. The number of nitrogens with zero attached hydrogens (tertiary/aromatic N) is 1. The van der Waals surface area contributed by atoms with Crippen LogP contribution in [0.25, 0.3) is 0 Å². The van der Waals surface area contributed by atoms with Crippen LogP contribution in [0, 0.1) is 32.1 Å². The molecule has 0 atom stereocenters. The molecule has 0 aliphatic carbocycles. The average Bonchev–Trinajstić information content (AvgIpc) is 2.36. The van der Waals surface area contributed by atoms with Gasteiger partial charge in [-0.2, -0.15) is 5.26 Å². The highest BCUT2D eigenvalue weighted by molar-refractivity contribution is 5.49. The second-order valence-electron chi connectivity index (χ2n) is 4.98. The van der Waals surface area contributed by atoms with Crippen molar-refractivity contribution in [2.75, 3.05) is 5.32 Å². The fourth-order valence-corrected chi connectivity index (χ4v) is 2.24. The van der Waals surface area contributed by atoms with Crippen LogP contribution in [0.4, 0.5) is 5.69 Å². The van der Waals surface area contributed by atoms with Gasteiger partial charge in [0, 0.05) is 12.2 Å². The molecule has 2 heteroatoms. The third kappa shape index (κ3) is 3.35. The summed E-state index contributed by atoms with van der Waals surface area (Å²) in [4.78, 5) is 0. The third-order valence-electron chi connectivity index (χ3n) is 3.18. The Morgan fingerprint density at radius 2 is 1.68 bits per heavy atom. The number of aryl methyl sites for hydroxylation is 3. The minimum Gasteiger partial charge on any atom is -0.381 e. The maximum atomic E-state index is 8.86. The van der Waals surface area contributed by atoms with E-state index in [9.17, 15) is 0 Å². The van der Waals surface area contributed by atoms with Crippen molar-refractivity contribution in [2.24, 2.45) is 0 Å². The van der Waals surface area contributed by atoms with Gasteiger partial charge in [0.15, 0.2) is 0 Å². The summed E-state index contributed by atoms with van der Waals surface area (Å²) in [6.07, 6.45) is 0. The lowest BCUT2D eigenvalue weighted by molar-refractivity contribution is 1.11. The van der Waals surface area contributed by atoms with E-state index in [1.165, 1.54) is 16.7 Å². The van der Waals surface area contributed by atoms with Crippen molar-refractivity contribution >= 4 is 5.69 Å². The van der Waals surface area contributed by atoms with Crippen LogP contribution in [0.1, 0.15) is 27.8 Å². The van der Waals surface area contributed by atoms with Gasteiger partial charge in [-0.15, -0.1) is 0 Å². The lowest BCUT2D eigenvalue weighted by atomic mass is 10.1. The molecule has 1 N–H and O–H groups in total. The Morgan fingerprint density at radius 3 is 2.26 bits per heavy atom. The molecule has 19 heavy (non-hydrogen) atoms. The number of hydrogen-bond donors (Lipinski definition) is 1. The molecule has 0 unspecified atom stereocenters. The predicted molar refractivity (Wildman–Crippen MR) is 79.1 cm³/mol. The van der Waals surface area contributed by atoms with E-state index in [0.29, 0.717) is 5.56 Å². The molecule has 0 radical (unpaired) electrons. The van der Waals surface area contributed by atoms with Crippen LogP contribution in [0.15, 0.2) is 36.4 Å². The normalized spacial score (nSPS) is 10.0. The topological polar surface area (TPSA) is 35.8 Å². The molecule has 0 spiro atoms. The quantitative estimate of drug-likeness (QED) is 0.890. The van der Waals surface area contributed by atoms with E-state index >= 15 is 0 Å². The van der Waals surface area contributed by atoms with Crippen LogP contribution >= 0.6 is 0 Å². The first-order valence-electron chi connectivity index (χ1n) is 6.40. The van der Waals surface area contributed by atoms with Gasteiger partial charge in [0.25, 0.3) is 0 Å². The van der Waals surface area contributed by atoms with E-state index < -0.39 is 0 Å². The molecular weight excluding hydrogens is 232 g/mol. The van der Waals surface area contributed by atoms with Gasteiger partial charge in [0.1, 0.15) is 0 Å². The van der Waals surface area contributed by atoms with E-state index in [-0.39, 0.29) is 0 Å². The largest absolute Gasteiger partial charge is 0.381 e. The molecule has 0 aromatic heterocycles. The van der Waals surface area contributed by atoms with Crippen molar-refractivity contribution in [3.05, 3.63) is 64.2 Å². The van der Waals surface area contributed by atoms with Crippen LogP contribution in [0.3, 0.4) is 0 Å². The van der Waals surface area contributed by atoms with Gasteiger partial charge in [0.05, 0.1) is 11.6 Å². The predicted octanol–water partition coefficient (Wildman–Crippen LogP) is 4.10. The Bertz CT molecular complexity index is 616. The SMILES string of the molecule is Cc1cc(C)cc(NCc2ccc(C#N)cc2C)c1. The fraction of sp³-hybridized carbons (Fsp3) is 0.235. The van der Waals surface area contributed by atoms with Crippen LogP contribution < -0.4 is 5.32 Å². The lowest BCUT2D eigenvalue weighted by Crippen LogP contribution is -2.02. The summed E-state index contributed by atoms with van der Waals surface area (Å²) in [5.41, 5.74) is 6.75. The van der Waals surface area contributed by atoms with Gasteiger partial charge >= 0.3 is 0 Å². The minimum atomic E-state index is 0.715. The molecule has 0 fully saturated rings. The number of anilines is 1. The standard InChI is InChI=1S/C17H18N2/c1-12-6-13(2)8-17(7-12)19-11-16-5-4-15(10-18)9-14(16)3/h4-9,19H,11H2,1-3H3. The summed E-state index contributed by atoms with van der Waals surface area (Å²) < 4.78 is 0. The highest BCUT2D eigenvalue weighted by atomic mass is 14.9. The monoisotopic (exact) mass is 250 g/mol. The Hall–Kier alpha value is -2.27. The van der Waals surface area contributed by atoms with Gasteiger partial charge < -0.3 is 5.32 Å². The summed E-state index contributed by atoms with van der Waals surface area (Å²) in [5, 5.41) is 12.3. The molecule has 2 aromatic carbocycles. The van der Waals surface area contributed by atoms with E-state index in [1.807, 2.05) is 25.1 Å². The van der Waals surface area contributed by atoms with Crippen LogP contribution in [0.2, 0.25) is 0 Å². The van der Waals surface area contributed by atoms with Gasteiger partial charge in [-0.25, -0.2) is 0 Å². The number of hydrogen-bond acceptors (Lipinski definition) is 2. The van der Waals surface area contributed by atoms with Crippen molar-refractivity contribution in [3.8, 4) is 6.07 Å². The second kappa shape index (κ2) is 5.58. The van der Waals surface area contributed by atoms with Gasteiger partial charge in [-0.3, -0.25) is 0 Å². The molecule has 0 bridgehead atoms. The fourth-order valence-electron chi connectivity index (χ4n) is 2.24. The smallest absolute Gasteiger partial charge is 0.0991 e. The van der Waals surface area contributed by atoms with Crippen molar-refractivity contribution in [1.82, 2.24) is 0 Å². The Labute approximate surface area is 114 Å². The maximum Gasteiger partial charge on any atom is 0.0991 e. The van der Waals surface area contributed by atoms with E-state index in [2.05, 4.69) is 43.4 Å². The van der Waals surface area contributed by atoms with Gasteiger partial charge in [-0.05, 0) is 67.3 Å². The van der Waals surface area contributed by atoms with Crippen molar-refractivity contribution in [1.29, 1.82) is 5.26 Å². The molecule has 0 saturated heterocycles. The first-order valence-corrected chi connectivity index (χ1v) is 6.40. The van der Waals surface area contributed by atoms with E-state index in [0.717, 1.165) is 17.8 Å².